The zero-order valence-corrected chi connectivity index (χ0v) is 22.4. The molecule has 1 aromatic rings. The first-order valence-electron chi connectivity index (χ1n) is 12.4. The molecular weight excluding hydrogens is 444 g/mol. The number of nitrogens with zero attached hydrogens (tertiary/aromatic N) is 3. The molecule has 6 nitrogen and oxygen atoms in total. The predicted octanol–water partition coefficient (Wildman–Crippen LogP) is 4.56. The van der Waals surface area contributed by atoms with E-state index in [0.717, 1.165) is 36.2 Å². The molecule has 0 radical (unpaired) electrons. The van der Waals surface area contributed by atoms with Gasteiger partial charge in [-0.2, -0.15) is 0 Å². The highest BCUT2D eigenvalue weighted by Gasteiger charge is 2.25. The summed E-state index contributed by atoms with van der Waals surface area (Å²) in [6.45, 7) is 11.6. The molecule has 1 aromatic heterocycles. The zero-order valence-electron chi connectivity index (χ0n) is 21.6. The molecule has 1 N–H and O–H groups in total. The van der Waals surface area contributed by atoms with Gasteiger partial charge >= 0.3 is 0 Å². The van der Waals surface area contributed by atoms with E-state index in [1.165, 1.54) is 36.4 Å². The number of nitrogens with one attached hydrogen (secondary N) is 1. The van der Waals surface area contributed by atoms with Crippen LogP contribution in [-0.4, -0.2) is 73.6 Å². The van der Waals surface area contributed by atoms with Crippen molar-refractivity contribution in [3.05, 3.63) is 39.1 Å². The molecule has 2 aliphatic rings. The first-order valence-corrected chi connectivity index (χ1v) is 13.3. The molecule has 0 spiro atoms. The fraction of sp³-hybridized carbons (Fsp3) is 0.593. The van der Waals surface area contributed by atoms with Gasteiger partial charge in [-0.05, 0) is 104 Å². The lowest BCUT2D eigenvalue weighted by atomic mass is 9.95. The Labute approximate surface area is 208 Å². The van der Waals surface area contributed by atoms with Crippen LogP contribution in [0.1, 0.15) is 67.3 Å². The van der Waals surface area contributed by atoms with Crippen LogP contribution in [-0.2, 0) is 4.79 Å². The Hall–Kier alpha value is -2.09. The maximum absolute atomic E-state index is 12.9. The highest BCUT2D eigenvalue weighted by molar-refractivity contribution is 7.11. The lowest BCUT2D eigenvalue weighted by molar-refractivity contribution is -0.120. The summed E-state index contributed by atoms with van der Waals surface area (Å²) in [7, 11) is 4.36. The van der Waals surface area contributed by atoms with Gasteiger partial charge in [-0.3, -0.25) is 9.59 Å². The van der Waals surface area contributed by atoms with Gasteiger partial charge < -0.3 is 15.1 Å². The Morgan fingerprint density at radius 3 is 2.59 bits per heavy atom. The molecule has 1 saturated heterocycles. The number of aliphatic imine (C=N–C) groups is 1. The second kappa shape index (κ2) is 12.0. The largest absolute Gasteiger partial charge is 0.351 e. The summed E-state index contributed by atoms with van der Waals surface area (Å²) >= 11 is 1.64. The van der Waals surface area contributed by atoms with E-state index in [-0.39, 0.29) is 24.3 Å². The average molecular weight is 485 g/mol. The molecule has 3 heterocycles. The third-order valence-corrected chi connectivity index (χ3v) is 8.33. The Morgan fingerprint density at radius 2 is 1.97 bits per heavy atom. The molecule has 7 heteroatoms. The molecule has 2 amide bonds. The van der Waals surface area contributed by atoms with Crippen molar-refractivity contribution in [3.8, 4) is 0 Å². The molecule has 0 aromatic carbocycles. The molecule has 1 fully saturated rings. The normalized spacial score (nSPS) is 20.5. The van der Waals surface area contributed by atoms with Crippen molar-refractivity contribution >= 4 is 34.4 Å². The van der Waals surface area contributed by atoms with E-state index in [9.17, 15) is 9.59 Å². The monoisotopic (exact) mass is 484 g/mol. The Morgan fingerprint density at radius 1 is 1.26 bits per heavy atom. The molecule has 1 unspecified atom stereocenters. The van der Waals surface area contributed by atoms with Crippen LogP contribution >= 0.6 is 11.3 Å². The van der Waals surface area contributed by atoms with E-state index in [1.54, 1.807) is 11.3 Å². The van der Waals surface area contributed by atoms with Crippen LogP contribution in [0.3, 0.4) is 0 Å². The second-order valence-electron chi connectivity index (χ2n) is 9.80. The van der Waals surface area contributed by atoms with Crippen molar-refractivity contribution in [2.24, 2.45) is 10.9 Å². The van der Waals surface area contributed by atoms with Gasteiger partial charge in [0, 0.05) is 28.6 Å². The van der Waals surface area contributed by atoms with Crippen molar-refractivity contribution < 1.29 is 9.59 Å². The summed E-state index contributed by atoms with van der Waals surface area (Å²) < 4.78 is 0. The average Bonchev–Trinajstić information content (AvgIpc) is 3.17. The van der Waals surface area contributed by atoms with Gasteiger partial charge in [0.25, 0.3) is 11.8 Å². The summed E-state index contributed by atoms with van der Waals surface area (Å²) in [4.78, 5) is 35.3. The lowest BCUT2D eigenvalue weighted by Gasteiger charge is -2.35. The second-order valence-corrected chi connectivity index (χ2v) is 10.7. The van der Waals surface area contributed by atoms with Crippen LogP contribution in [0, 0.1) is 12.8 Å². The summed E-state index contributed by atoms with van der Waals surface area (Å²) in [6, 6.07) is 0.716. The summed E-state index contributed by atoms with van der Waals surface area (Å²) in [5.74, 6) is -0.672. The maximum atomic E-state index is 12.9. The number of thiophene rings is 1. The number of dihydropyridines is 1. The van der Waals surface area contributed by atoms with E-state index >= 15 is 0 Å². The molecular formula is C27H40N4O2S. The van der Waals surface area contributed by atoms with Gasteiger partial charge in [-0.15, -0.1) is 11.3 Å². The maximum Gasteiger partial charge on any atom is 0.254 e. The van der Waals surface area contributed by atoms with E-state index < -0.39 is 0 Å². The Kier molecular flexibility index (Phi) is 9.39. The van der Waals surface area contributed by atoms with Crippen molar-refractivity contribution in [2.75, 3.05) is 40.3 Å². The minimum absolute atomic E-state index is 0.119. The fourth-order valence-electron chi connectivity index (χ4n) is 4.95. The first kappa shape index (κ1) is 26.5. The molecule has 2 aliphatic heterocycles. The number of likely N-dealkylation sites (tertiary alicyclic amines) is 1. The SMILES string of the molecule is C/C=C(/CCCN1CCC(N(C)C)CC1)c1scc(C(=O)NCC2C(=O)N=C(C)C=C2C)c1C. The van der Waals surface area contributed by atoms with E-state index in [4.69, 9.17) is 0 Å². The molecule has 1 atom stereocenters. The fourth-order valence-corrected chi connectivity index (χ4v) is 6.12. The summed E-state index contributed by atoms with van der Waals surface area (Å²) in [5.41, 5.74) is 4.71. The first-order chi connectivity index (χ1) is 16.2. The third-order valence-electron chi connectivity index (χ3n) is 7.17. The van der Waals surface area contributed by atoms with Crippen molar-refractivity contribution in [1.82, 2.24) is 15.1 Å². The topological polar surface area (TPSA) is 65.0 Å². The molecule has 34 heavy (non-hydrogen) atoms. The smallest absolute Gasteiger partial charge is 0.254 e. The number of rotatable bonds is 9. The standard InChI is InChI=1S/C27H40N4O2S/c1-7-21(9-8-12-31-13-10-22(11-14-31)30(5)6)25-20(4)24(17-34-25)26(32)28-16-23-18(2)15-19(3)29-27(23)33/h7,15,17,22-23H,8-14,16H2,1-6H3,(H,28,32)/b21-7-. The molecule has 0 saturated carbocycles. The quantitative estimate of drug-likeness (QED) is 0.558. The molecule has 186 valence electrons. The van der Waals surface area contributed by atoms with Crippen LogP contribution < -0.4 is 5.32 Å². The Bertz CT molecular complexity index is 981. The Balaban J connectivity index is 1.52. The molecule has 3 rings (SSSR count). The molecule has 0 bridgehead atoms. The summed E-state index contributed by atoms with van der Waals surface area (Å²) in [5, 5.41) is 4.91. The highest BCUT2D eigenvalue weighted by atomic mass is 32.1. The van der Waals surface area contributed by atoms with Gasteiger partial charge in [0.05, 0.1) is 11.5 Å². The van der Waals surface area contributed by atoms with Crippen LogP contribution in [0.4, 0.5) is 0 Å². The lowest BCUT2D eigenvalue weighted by Crippen LogP contribution is -2.42. The molecule has 0 aliphatic carbocycles. The number of amides is 2. The number of hydrogen-bond donors (Lipinski definition) is 1. The van der Waals surface area contributed by atoms with Gasteiger partial charge in [0.1, 0.15) is 0 Å². The number of carbonyl (C=O) groups excluding carboxylic acids is 2. The van der Waals surface area contributed by atoms with E-state index in [0.29, 0.717) is 11.6 Å². The summed E-state index contributed by atoms with van der Waals surface area (Å²) in [6.07, 6.45) is 8.74. The number of hydrogen-bond acceptors (Lipinski definition) is 5. The van der Waals surface area contributed by atoms with Crippen molar-refractivity contribution in [1.29, 1.82) is 0 Å². The van der Waals surface area contributed by atoms with Gasteiger partial charge in [-0.25, -0.2) is 4.99 Å². The number of piperidine rings is 1. The van der Waals surface area contributed by atoms with Crippen LogP contribution in [0.2, 0.25) is 0 Å². The van der Waals surface area contributed by atoms with Gasteiger partial charge in [0.2, 0.25) is 0 Å². The number of carbonyl (C=O) groups is 2. The van der Waals surface area contributed by atoms with Gasteiger partial charge in [0.15, 0.2) is 0 Å². The van der Waals surface area contributed by atoms with Gasteiger partial charge in [-0.1, -0.05) is 11.6 Å². The minimum atomic E-state index is -0.375. The van der Waals surface area contributed by atoms with Crippen molar-refractivity contribution in [3.63, 3.8) is 0 Å². The van der Waals surface area contributed by atoms with E-state index in [1.807, 2.05) is 32.2 Å². The third kappa shape index (κ3) is 6.52. The number of allylic oxidation sites excluding steroid dienone is 3. The van der Waals surface area contributed by atoms with E-state index in [2.05, 4.69) is 47.2 Å². The van der Waals surface area contributed by atoms with Crippen LogP contribution in [0.15, 0.2) is 28.1 Å². The van der Waals surface area contributed by atoms with Crippen molar-refractivity contribution in [2.45, 2.75) is 59.4 Å². The van der Waals surface area contributed by atoms with Crippen LogP contribution in [0.25, 0.3) is 5.57 Å². The minimum Gasteiger partial charge on any atom is -0.351 e. The van der Waals surface area contributed by atoms with Crippen LogP contribution in [0.5, 0.6) is 0 Å². The zero-order chi connectivity index (χ0) is 24.8. The predicted molar refractivity (Wildman–Crippen MR) is 143 cm³/mol. The highest BCUT2D eigenvalue weighted by Crippen LogP contribution is 2.32.